The molecule has 3 rings (SSSR count). The quantitative estimate of drug-likeness (QED) is 0.805. The van der Waals surface area contributed by atoms with Gasteiger partial charge in [0.05, 0.1) is 10.9 Å². The van der Waals surface area contributed by atoms with Gasteiger partial charge in [0.15, 0.2) is 5.43 Å². The molecule has 5 heteroatoms. The molecule has 1 aliphatic heterocycles. The first-order chi connectivity index (χ1) is 9.87. The highest BCUT2D eigenvalue weighted by Crippen LogP contribution is 2.32. The molecule has 0 saturated carbocycles. The lowest BCUT2D eigenvalue weighted by Crippen LogP contribution is -2.40. The molecule has 0 radical (unpaired) electrons. The van der Waals surface area contributed by atoms with Crippen LogP contribution in [0.4, 0.5) is 14.7 Å². The van der Waals surface area contributed by atoms with Gasteiger partial charge in [-0.05, 0) is 26.0 Å². The van der Waals surface area contributed by atoms with Gasteiger partial charge >= 0.3 is 0 Å². The van der Waals surface area contributed by atoms with Crippen molar-refractivity contribution in [3.05, 3.63) is 39.5 Å². The Hall–Kier alpha value is -1.91. The Balaban J connectivity index is 2.06. The molecule has 1 aliphatic rings. The number of rotatable bonds is 1. The minimum absolute atomic E-state index is 0.0905. The SMILES string of the molecule is Cc1ccc2oc(N3CCC(F)(F)CC3)c(C)c(=O)c2c1. The lowest BCUT2D eigenvalue weighted by molar-refractivity contribution is -0.0225. The normalized spacial score (nSPS) is 18.2. The fraction of sp³-hybridized carbons (Fsp3) is 0.438. The second-order valence-electron chi connectivity index (χ2n) is 5.70. The molecule has 0 N–H and O–H groups in total. The van der Waals surface area contributed by atoms with Crippen LogP contribution < -0.4 is 10.3 Å². The lowest BCUT2D eigenvalue weighted by atomic mass is 10.1. The Kier molecular flexibility index (Phi) is 3.23. The molecule has 0 aliphatic carbocycles. The molecule has 0 amide bonds. The van der Waals surface area contributed by atoms with Crippen molar-refractivity contribution in [3.63, 3.8) is 0 Å². The Labute approximate surface area is 121 Å². The van der Waals surface area contributed by atoms with E-state index in [9.17, 15) is 13.6 Å². The van der Waals surface area contributed by atoms with Gasteiger partial charge in [0.2, 0.25) is 5.88 Å². The van der Waals surface area contributed by atoms with E-state index in [1.807, 2.05) is 13.0 Å². The van der Waals surface area contributed by atoms with Gasteiger partial charge in [0.25, 0.3) is 5.92 Å². The van der Waals surface area contributed by atoms with Crippen LogP contribution in [-0.2, 0) is 0 Å². The third kappa shape index (κ3) is 2.52. The summed E-state index contributed by atoms with van der Waals surface area (Å²) in [5, 5.41) is 0.540. The van der Waals surface area contributed by atoms with E-state index >= 15 is 0 Å². The molecule has 1 fully saturated rings. The monoisotopic (exact) mass is 293 g/mol. The van der Waals surface area contributed by atoms with E-state index < -0.39 is 5.92 Å². The number of hydrogen-bond donors (Lipinski definition) is 0. The Morgan fingerprint density at radius 3 is 2.52 bits per heavy atom. The zero-order chi connectivity index (χ0) is 15.2. The second-order valence-corrected chi connectivity index (χ2v) is 5.70. The predicted octanol–water partition coefficient (Wildman–Crippen LogP) is 3.65. The number of alkyl halides is 2. The average Bonchev–Trinajstić information content (AvgIpc) is 2.44. The second kappa shape index (κ2) is 4.83. The van der Waals surface area contributed by atoms with Crippen LogP contribution in [0.2, 0.25) is 0 Å². The Morgan fingerprint density at radius 1 is 1.19 bits per heavy atom. The number of aryl methyl sites for hydroxylation is 1. The first kappa shape index (κ1) is 14.0. The fourth-order valence-electron chi connectivity index (χ4n) is 2.73. The average molecular weight is 293 g/mol. The highest BCUT2D eigenvalue weighted by Gasteiger charge is 2.35. The van der Waals surface area contributed by atoms with E-state index in [0.717, 1.165) is 5.56 Å². The van der Waals surface area contributed by atoms with Crippen molar-refractivity contribution in [2.75, 3.05) is 18.0 Å². The first-order valence-corrected chi connectivity index (χ1v) is 7.04. The van der Waals surface area contributed by atoms with Crippen LogP contribution in [0, 0.1) is 13.8 Å². The van der Waals surface area contributed by atoms with Crippen LogP contribution in [-0.4, -0.2) is 19.0 Å². The van der Waals surface area contributed by atoms with Crippen LogP contribution in [0.3, 0.4) is 0 Å². The molecule has 2 aromatic rings. The van der Waals surface area contributed by atoms with E-state index in [1.165, 1.54) is 0 Å². The van der Waals surface area contributed by atoms with Gasteiger partial charge in [-0.3, -0.25) is 4.79 Å². The number of anilines is 1. The number of fused-ring (bicyclic) bond motifs is 1. The molecule has 112 valence electrons. The van der Waals surface area contributed by atoms with Gasteiger partial charge in [0, 0.05) is 25.9 Å². The summed E-state index contributed by atoms with van der Waals surface area (Å²) in [6.07, 6.45) is -0.413. The Bertz CT molecular complexity index is 742. The third-order valence-corrected chi connectivity index (χ3v) is 4.03. The molecule has 21 heavy (non-hydrogen) atoms. The molecular weight excluding hydrogens is 276 g/mol. The van der Waals surface area contributed by atoms with Gasteiger partial charge in [-0.15, -0.1) is 0 Å². The maximum absolute atomic E-state index is 13.3. The summed E-state index contributed by atoms with van der Waals surface area (Å²) in [6.45, 7) is 4.01. The maximum atomic E-state index is 13.3. The number of piperidine rings is 1. The molecule has 1 aromatic heterocycles. The number of nitrogens with zero attached hydrogens (tertiary/aromatic N) is 1. The highest BCUT2D eigenvalue weighted by molar-refractivity contribution is 5.79. The van der Waals surface area contributed by atoms with Crippen LogP contribution in [0.5, 0.6) is 0 Å². The van der Waals surface area contributed by atoms with Crippen molar-refractivity contribution in [2.45, 2.75) is 32.6 Å². The molecule has 0 unspecified atom stereocenters. The highest BCUT2D eigenvalue weighted by atomic mass is 19.3. The van der Waals surface area contributed by atoms with Crippen LogP contribution >= 0.6 is 0 Å². The summed E-state index contributed by atoms with van der Waals surface area (Å²) >= 11 is 0. The summed E-state index contributed by atoms with van der Waals surface area (Å²) in [5.41, 5.74) is 1.88. The molecule has 2 heterocycles. The molecule has 0 bridgehead atoms. The Morgan fingerprint density at radius 2 is 1.86 bits per heavy atom. The zero-order valence-electron chi connectivity index (χ0n) is 12.1. The summed E-state index contributed by atoms with van der Waals surface area (Å²) in [4.78, 5) is 14.2. The molecule has 0 atom stereocenters. The van der Waals surface area contributed by atoms with E-state index in [0.29, 0.717) is 22.4 Å². The van der Waals surface area contributed by atoms with E-state index in [4.69, 9.17) is 4.42 Å². The van der Waals surface area contributed by atoms with Crippen molar-refractivity contribution >= 4 is 16.9 Å². The summed E-state index contributed by atoms with van der Waals surface area (Å²) < 4.78 is 32.3. The van der Waals surface area contributed by atoms with Gasteiger partial charge in [-0.25, -0.2) is 8.78 Å². The van der Waals surface area contributed by atoms with Gasteiger partial charge in [-0.2, -0.15) is 0 Å². The van der Waals surface area contributed by atoms with Crippen molar-refractivity contribution in [2.24, 2.45) is 0 Å². The minimum Gasteiger partial charge on any atom is -0.440 e. The summed E-state index contributed by atoms with van der Waals surface area (Å²) in [7, 11) is 0. The fourth-order valence-corrected chi connectivity index (χ4v) is 2.73. The van der Waals surface area contributed by atoms with Crippen molar-refractivity contribution in [1.29, 1.82) is 0 Å². The van der Waals surface area contributed by atoms with E-state index in [2.05, 4.69) is 0 Å². The number of hydrogen-bond acceptors (Lipinski definition) is 3. The topological polar surface area (TPSA) is 33.5 Å². The lowest BCUT2D eigenvalue weighted by Gasteiger charge is -2.32. The van der Waals surface area contributed by atoms with E-state index in [-0.39, 0.29) is 31.4 Å². The molecule has 3 nitrogen and oxygen atoms in total. The third-order valence-electron chi connectivity index (χ3n) is 4.03. The van der Waals surface area contributed by atoms with Crippen LogP contribution in [0.1, 0.15) is 24.0 Å². The predicted molar refractivity (Wildman–Crippen MR) is 78.4 cm³/mol. The first-order valence-electron chi connectivity index (χ1n) is 7.04. The zero-order valence-corrected chi connectivity index (χ0v) is 12.1. The molecular formula is C16H17F2NO2. The smallest absolute Gasteiger partial charge is 0.251 e. The number of benzene rings is 1. The van der Waals surface area contributed by atoms with Crippen LogP contribution in [0.25, 0.3) is 11.0 Å². The maximum Gasteiger partial charge on any atom is 0.251 e. The molecule has 0 spiro atoms. The van der Waals surface area contributed by atoms with E-state index in [1.54, 1.807) is 24.0 Å². The van der Waals surface area contributed by atoms with Crippen molar-refractivity contribution in [1.82, 2.24) is 0 Å². The van der Waals surface area contributed by atoms with Crippen LogP contribution in [0.15, 0.2) is 27.4 Å². The number of halogens is 2. The van der Waals surface area contributed by atoms with Gasteiger partial charge in [-0.1, -0.05) is 11.6 Å². The van der Waals surface area contributed by atoms with Gasteiger partial charge in [0.1, 0.15) is 5.58 Å². The largest absolute Gasteiger partial charge is 0.440 e. The molecule has 1 saturated heterocycles. The standard InChI is InChI=1S/C16H17F2NO2/c1-10-3-4-13-12(9-10)14(20)11(2)15(21-13)19-7-5-16(17,18)6-8-19/h3-4,9H,5-8H2,1-2H3. The van der Waals surface area contributed by atoms with Crippen molar-refractivity contribution < 1.29 is 13.2 Å². The summed E-state index contributed by atoms with van der Waals surface area (Å²) in [6, 6.07) is 5.42. The minimum atomic E-state index is -2.61. The van der Waals surface area contributed by atoms with Gasteiger partial charge < -0.3 is 9.32 Å². The molecule has 1 aromatic carbocycles. The summed E-state index contributed by atoms with van der Waals surface area (Å²) in [5.74, 6) is -2.19. The van der Waals surface area contributed by atoms with Crippen molar-refractivity contribution in [3.8, 4) is 0 Å².